The van der Waals surface area contributed by atoms with Crippen LogP contribution in [0.25, 0.3) is 0 Å². The van der Waals surface area contributed by atoms with E-state index in [4.69, 9.17) is 9.05 Å². The van der Waals surface area contributed by atoms with Gasteiger partial charge in [-0.1, -0.05) is 6.07 Å². The second-order valence-electron chi connectivity index (χ2n) is 5.15. The average molecular weight is 344 g/mol. The number of benzene rings is 1. The van der Waals surface area contributed by atoms with E-state index in [2.05, 4.69) is 5.32 Å². The van der Waals surface area contributed by atoms with Gasteiger partial charge < -0.3 is 14.4 Å². The Kier molecular flexibility index (Phi) is 6.44. The van der Waals surface area contributed by atoms with Gasteiger partial charge >= 0.3 is 7.60 Å². The summed E-state index contributed by atoms with van der Waals surface area (Å²) in [6, 6.07) is 5.28. The van der Waals surface area contributed by atoms with Gasteiger partial charge in [-0.2, -0.15) is 0 Å². The van der Waals surface area contributed by atoms with Crippen molar-refractivity contribution in [2.45, 2.75) is 33.0 Å². The SMILES string of the molecule is CCOP(=O)(OCC)C(C)(C)NC(=O)c1cccc([N+](=O)[O-])c1. The molecule has 8 nitrogen and oxygen atoms in total. The minimum absolute atomic E-state index is 0.0896. The molecule has 0 aliphatic heterocycles. The number of nitro benzene ring substituents is 1. The molecule has 128 valence electrons. The first kappa shape index (κ1) is 19.3. The molecule has 0 aliphatic carbocycles. The predicted molar refractivity (Wildman–Crippen MR) is 85.5 cm³/mol. The first-order chi connectivity index (χ1) is 10.7. The van der Waals surface area contributed by atoms with Crippen molar-refractivity contribution >= 4 is 19.2 Å². The van der Waals surface area contributed by atoms with Crippen LogP contribution in [0.4, 0.5) is 5.69 Å². The first-order valence-corrected chi connectivity index (χ1v) is 8.67. The van der Waals surface area contributed by atoms with Gasteiger partial charge in [0.05, 0.1) is 18.1 Å². The average Bonchev–Trinajstić information content (AvgIpc) is 2.47. The molecule has 1 N–H and O–H groups in total. The van der Waals surface area contributed by atoms with E-state index in [9.17, 15) is 19.5 Å². The molecule has 1 aromatic rings. The van der Waals surface area contributed by atoms with Crippen LogP contribution in [0.2, 0.25) is 0 Å². The van der Waals surface area contributed by atoms with Gasteiger partial charge in [0.25, 0.3) is 11.6 Å². The smallest absolute Gasteiger partial charge is 0.336 e. The molecule has 0 heterocycles. The number of nitro groups is 1. The lowest BCUT2D eigenvalue weighted by Crippen LogP contribution is -2.44. The molecule has 1 aromatic carbocycles. The van der Waals surface area contributed by atoms with Gasteiger partial charge in [0, 0.05) is 17.7 Å². The lowest BCUT2D eigenvalue weighted by molar-refractivity contribution is -0.384. The topological polar surface area (TPSA) is 108 Å². The summed E-state index contributed by atoms with van der Waals surface area (Å²) in [5.74, 6) is -0.599. The van der Waals surface area contributed by atoms with Gasteiger partial charge in [-0.05, 0) is 33.8 Å². The Morgan fingerprint density at radius 3 is 2.35 bits per heavy atom. The molecule has 0 unspecified atom stereocenters. The van der Waals surface area contributed by atoms with Crippen molar-refractivity contribution in [1.82, 2.24) is 5.32 Å². The Balaban J connectivity index is 3.04. The highest BCUT2D eigenvalue weighted by atomic mass is 31.2. The Labute approximate surface area is 134 Å². The maximum atomic E-state index is 12.8. The molecule has 0 bridgehead atoms. The lowest BCUT2D eigenvalue weighted by atomic mass is 10.2. The van der Waals surface area contributed by atoms with Crippen LogP contribution in [0.15, 0.2) is 24.3 Å². The van der Waals surface area contributed by atoms with Gasteiger partial charge in [-0.25, -0.2) is 0 Å². The molecular weight excluding hydrogens is 323 g/mol. The van der Waals surface area contributed by atoms with Crippen LogP contribution in [0, 0.1) is 10.1 Å². The van der Waals surface area contributed by atoms with Crippen LogP contribution in [-0.4, -0.2) is 29.3 Å². The number of nitrogens with zero attached hydrogens (tertiary/aromatic N) is 1. The van der Waals surface area contributed by atoms with Crippen molar-refractivity contribution in [2.75, 3.05) is 13.2 Å². The molecule has 23 heavy (non-hydrogen) atoms. The molecule has 0 aromatic heterocycles. The van der Waals surface area contributed by atoms with Crippen LogP contribution in [0.5, 0.6) is 0 Å². The quantitative estimate of drug-likeness (QED) is 0.440. The lowest BCUT2D eigenvalue weighted by Gasteiger charge is -2.33. The molecule has 0 radical (unpaired) electrons. The van der Waals surface area contributed by atoms with E-state index in [0.29, 0.717) is 0 Å². The van der Waals surface area contributed by atoms with Crippen molar-refractivity contribution in [3.8, 4) is 0 Å². The zero-order chi connectivity index (χ0) is 17.7. The normalized spacial score (nSPS) is 12.0. The largest absolute Gasteiger partial charge is 0.355 e. The standard InChI is InChI=1S/C14H21N2O6P/c1-5-21-23(20,22-6-2)14(3,4)15-13(17)11-8-7-9-12(10-11)16(18)19/h7-10H,5-6H2,1-4H3,(H,15,17). The van der Waals surface area contributed by atoms with Crippen molar-refractivity contribution in [3.05, 3.63) is 39.9 Å². The first-order valence-electron chi connectivity index (χ1n) is 7.13. The molecular formula is C14H21N2O6P. The van der Waals surface area contributed by atoms with Crippen LogP contribution >= 0.6 is 7.60 Å². The molecule has 1 amide bonds. The summed E-state index contributed by atoms with van der Waals surface area (Å²) in [5, 5.41) is 12.1. The summed E-state index contributed by atoms with van der Waals surface area (Å²) in [6.45, 7) is 6.71. The molecule has 0 spiro atoms. The predicted octanol–water partition coefficient (Wildman–Crippen LogP) is 3.33. The highest BCUT2D eigenvalue weighted by Crippen LogP contribution is 2.58. The van der Waals surface area contributed by atoms with E-state index < -0.39 is 23.7 Å². The summed E-state index contributed by atoms with van der Waals surface area (Å²) in [6.07, 6.45) is 0. The van der Waals surface area contributed by atoms with Gasteiger partial charge in [-0.3, -0.25) is 19.5 Å². The van der Waals surface area contributed by atoms with Gasteiger partial charge in [0.15, 0.2) is 0 Å². The number of carbonyl (C=O) groups is 1. The maximum Gasteiger partial charge on any atom is 0.355 e. The van der Waals surface area contributed by atoms with Gasteiger partial charge in [0.2, 0.25) is 0 Å². The molecule has 0 saturated carbocycles. The zero-order valence-electron chi connectivity index (χ0n) is 13.6. The molecule has 0 fully saturated rings. The van der Waals surface area contributed by atoms with E-state index in [-0.39, 0.29) is 24.5 Å². The van der Waals surface area contributed by atoms with Crippen LogP contribution < -0.4 is 5.32 Å². The van der Waals surface area contributed by atoms with Gasteiger partial charge in [0.1, 0.15) is 5.28 Å². The highest BCUT2D eigenvalue weighted by molar-refractivity contribution is 7.55. The molecule has 1 rings (SSSR count). The second kappa shape index (κ2) is 7.68. The highest BCUT2D eigenvalue weighted by Gasteiger charge is 2.44. The Hall–Kier alpha value is -1.76. The summed E-state index contributed by atoms with van der Waals surface area (Å²) in [7, 11) is -3.59. The number of non-ortho nitro benzene ring substituents is 1. The van der Waals surface area contributed by atoms with Crippen molar-refractivity contribution < 1.29 is 23.3 Å². The van der Waals surface area contributed by atoms with E-state index in [0.717, 1.165) is 6.07 Å². The minimum Gasteiger partial charge on any atom is -0.336 e. The van der Waals surface area contributed by atoms with E-state index >= 15 is 0 Å². The van der Waals surface area contributed by atoms with E-state index in [1.165, 1.54) is 32.0 Å². The fourth-order valence-electron chi connectivity index (χ4n) is 1.88. The third-order valence-corrected chi connectivity index (χ3v) is 5.70. The summed E-state index contributed by atoms with van der Waals surface area (Å²) in [5.41, 5.74) is -0.111. The number of nitrogens with one attached hydrogen (secondary N) is 1. The van der Waals surface area contributed by atoms with Gasteiger partial charge in [-0.15, -0.1) is 0 Å². The summed E-state index contributed by atoms with van der Waals surface area (Å²) >= 11 is 0. The third-order valence-electron chi connectivity index (χ3n) is 3.02. The Morgan fingerprint density at radius 1 is 1.30 bits per heavy atom. The maximum absolute atomic E-state index is 12.8. The zero-order valence-corrected chi connectivity index (χ0v) is 14.5. The minimum atomic E-state index is -3.59. The Bertz CT molecular complexity index is 621. The van der Waals surface area contributed by atoms with Crippen LogP contribution in [0.1, 0.15) is 38.1 Å². The molecule has 0 atom stereocenters. The third kappa shape index (κ3) is 4.60. The van der Waals surface area contributed by atoms with Crippen molar-refractivity contribution in [3.63, 3.8) is 0 Å². The molecule has 0 saturated heterocycles. The number of amides is 1. The second-order valence-corrected chi connectivity index (χ2v) is 7.78. The Morgan fingerprint density at radius 2 is 1.87 bits per heavy atom. The fourth-order valence-corrected chi connectivity index (χ4v) is 3.52. The van der Waals surface area contributed by atoms with E-state index in [1.807, 2.05) is 0 Å². The summed E-state index contributed by atoms with van der Waals surface area (Å²) in [4.78, 5) is 22.5. The molecule has 0 aliphatic rings. The summed E-state index contributed by atoms with van der Waals surface area (Å²) < 4.78 is 23.3. The fraction of sp³-hybridized carbons (Fsp3) is 0.500. The number of carbonyl (C=O) groups excluding carboxylic acids is 1. The number of hydrogen-bond donors (Lipinski definition) is 1. The van der Waals surface area contributed by atoms with Crippen LogP contribution in [0.3, 0.4) is 0 Å². The molecule has 9 heteroatoms. The van der Waals surface area contributed by atoms with Crippen molar-refractivity contribution in [2.24, 2.45) is 0 Å². The monoisotopic (exact) mass is 344 g/mol. The van der Waals surface area contributed by atoms with Crippen molar-refractivity contribution in [1.29, 1.82) is 0 Å². The van der Waals surface area contributed by atoms with Crippen LogP contribution in [-0.2, 0) is 13.6 Å². The van der Waals surface area contributed by atoms with E-state index in [1.54, 1.807) is 13.8 Å². The number of hydrogen-bond acceptors (Lipinski definition) is 6. The number of rotatable bonds is 8.